The summed E-state index contributed by atoms with van der Waals surface area (Å²) < 4.78 is 17.1. The summed E-state index contributed by atoms with van der Waals surface area (Å²) in [5.74, 6) is 1.91. The quantitative estimate of drug-likeness (QED) is 0.394. The van der Waals surface area contributed by atoms with Gasteiger partial charge in [0.1, 0.15) is 17.2 Å². The maximum atomic E-state index is 13.2. The Balaban J connectivity index is 1.58. The van der Waals surface area contributed by atoms with Crippen LogP contribution in [0.25, 0.3) is 10.2 Å². The molecule has 3 aromatic carbocycles. The molecule has 7 heteroatoms. The average molecular weight is 435 g/mol. The van der Waals surface area contributed by atoms with Gasteiger partial charge < -0.3 is 14.2 Å². The van der Waals surface area contributed by atoms with Crippen LogP contribution < -0.4 is 19.1 Å². The number of thiazole rings is 1. The van der Waals surface area contributed by atoms with E-state index in [1.165, 1.54) is 11.3 Å². The number of hydrogen-bond acceptors (Lipinski definition) is 6. The molecular weight excluding hydrogens is 412 g/mol. The van der Waals surface area contributed by atoms with E-state index in [1.807, 2.05) is 48.5 Å². The van der Waals surface area contributed by atoms with Gasteiger partial charge in [0.25, 0.3) is 5.91 Å². The smallest absolute Gasteiger partial charge is 0.267 e. The maximum Gasteiger partial charge on any atom is 0.267 e. The molecule has 1 aromatic heterocycles. The van der Waals surface area contributed by atoms with Crippen LogP contribution in [0.1, 0.15) is 5.56 Å². The lowest BCUT2D eigenvalue weighted by atomic mass is 10.2. The van der Waals surface area contributed by atoms with Crippen molar-refractivity contribution in [3.8, 4) is 17.2 Å². The predicted molar refractivity (Wildman–Crippen MR) is 122 cm³/mol. The molecule has 0 fully saturated rings. The van der Waals surface area contributed by atoms with E-state index in [4.69, 9.17) is 14.2 Å². The molecule has 0 radical (unpaired) electrons. The number of carbonyl (C=O) groups excluding carboxylic acids is 1. The van der Waals surface area contributed by atoms with Gasteiger partial charge in [-0.1, -0.05) is 41.7 Å². The lowest BCUT2D eigenvalue weighted by molar-refractivity contribution is -0.120. The van der Waals surface area contributed by atoms with Crippen molar-refractivity contribution in [3.05, 3.63) is 78.4 Å². The summed E-state index contributed by atoms with van der Waals surface area (Å²) >= 11 is 1.45. The number of ether oxygens (including phenoxy) is 3. The highest BCUT2D eigenvalue weighted by molar-refractivity contribution is 7.22. The highest BCUT2D eigenvalue weighted by Crippen LogP contribution is 2.32. The summed E-state index contributed by atoms with van der Waals surface area (Å²) in [6.45, 7) is 0.307. The van der Waals surface area contributed by atoms with Crippen LogP contribution >= 0.6 is 11.3 Å². The van der Waals surface area contributed by atoms with Crippen molar-refractivity contribution in [2.24, 2.45) is 0 Å². The molecule has 158 valence electrons. The van der Waals surface area contributed by atoms with Crippen molar-refractivity contribution >= 4 is 32.6 Å². The van der Waals surface area contributed by atoms with Gasteiger partial charge in [-0.15, -0.1) is 0 Å². The molecule has 0 N–H and O–H groups in total. The summed E-state index contributed by atoms with van der Waals surface area (Å²) in [5, 5.41) is 0.621. The first kappa shape index (κ1) is 20.7. The van der Waals surface area contributed by atoms with Gasteiger partial charge in [-0.2, -0.15) is 0 Å². The third kappa shape index (κ3) is 4.95. The van der Waals surface area contributed by atoms with Crippen LogP contribution in [-0.2, 0) is 11.3 Å². The van der Waals surface area contributed by atoms with Gasteiger partial charge in [-0.25, -0.2) is 4.98 Å². The number of rotatable bonds is 8. The van der Waals surface area contributed by atoms with E-state index in [2.05, 4.69) is 4.98 Å². The molecule has 0 saturated heterocycles. The molecule has 1 amide bonds. The molecular formula is C24H22N2O4S. The zero-order valence-electron chi connectivity index (χ0n) is 17.3. The van der Waals surface area contributed by atoms with Crippen LogP contribution in [-0.4, -0.2) is 31.7 Å². The Labute approximate surface area is 184 Å². The molecule has 31 heavy (non-hydrogen) atoms. The number of methoxy groups -OCH3 is 2. The van der Waals surface area contributed by atoms with Crippen LogP contribution in [0.4, 0.5) is 5.13 Å². The second-order valence-electron chi connectivity index (χ2n) is 6.76. The fourth-order valence-corrected chi connectivity index (χ4v) is 4.07. The van der Waals surface area contributed by atoms with Crippen LogP contribution in [0.5, 0.6) is 17.2 Å². The number of amides is 1. The molecule has 1 heterocycles. The first-order valence-corrected chi connectivity index (χ1v) is 10.5. The van der Waals surface area contributed by atoms with Crippen molar-refractivity contribution in [1.82, 2.24) is 4.98 Å². The Bertz CT molecular complexity index is 1160. The van der Waals surface area contributed by atoms with Gasteiger partial charge in [0.15, 0.2) is 11.7 Å². The molecule has 6 nitrogen and oxygen atoms in total. The second-order valence-corrected chi connectivity index (χ2v) is 7.77. The molecule has 4 rings (SSSR count). The Morgan fingerprint density at radius 2 is 1.58 bits per heavy atom. The lowest BCUT2D eigenvalue weighted by Crippen LogP contribution is -2.34. The SMILES string of the molecule is COc1ccc(OCC(=O)N(Cc2ccccc2)c2nc3ccc(OC)cc3s2)cc1. The minimum atomic E-state index is -0.175. The first-order chi connectivity index (χ1) is 15.2. The fourth-order valence-electron chi connectivity index (χ4n) is 3.06. The van der Waals surface area contributed by atoms with E-state index in [0.29, 0.717) is 17.4 Å². The summed E-state index contributed by atoms with van der Waals surface area (Å²) in [4.78, 5) is 19.5. The predicted octanol–water partition coefficient (Wildman–Crippen LogP) is 4.93. The number of fused-ring (bicyclic) bond motifs is 1. The van der Waals surface area contributed by atoms with Gasteiger partial charge in [-0.05, 0) is 48.0 Å². The Hall–Kier alpha value is -3.58. The average Bonchev–Trinajstić information content (AvgIpc) is 3.25. The molecule has 0 atom stereocenters. The van der Waals surface area contributed by atoms with E-state index < -0.39 is 0 Å². The van der Waals surface area contributed by atoms with Crippen molar-refractivity contribution in [2.75, 3.05) is 25.7 Å². The van der Waals surface area contributed by atoms with Gasteiger partial charge in [0, 0.05) is 0 Å². The molecule has 0 spiro atoms. The van der Waals surface area contributed by atoms with Gasteiger partial charge in [-0.3, -0.25) is 9.69 Å². The van der Waals surface area contributed by atoms with Crippen molar-refractivity contribution in [3.63, 3.8) is 0 Å². The van der Waals surface area contributed by atoms with E-state index in [0.717, 1.165) is 27.3 Å². The van der Waals surface area contributed by atoms with Crippen LogP contribution in [0, 0.1) is 0 Å². The zero-order chi connectivity index (χ0) is 21.6. The second kappa shape index (κ2) is 9.49. The minimum Gasteiger partial charge on any atom is -0.497 e. The lowest BCUT2D eigenvalue weighted by Gasteiger charge is -2.20. The third-order valence-corrected chi connectivity index (χ3v) is 5.76. The highest BCUT2D eigenvalue weighted by Gasteiger charge is 2.21. The Morgan fingerprint density at radius 1 is 0.903 bits per heavy atom. The maximum absolute atomic E-state index is 13.2. The summed E-state index contributed by atoms with van der Waals surface area (Å²) in [5.41, 5.74) is 1.83. The number of anilines is 1. The highest BCUT2D eigenvalue weighted by atomic mass is 32.1. The van der Waals surface area contributed by atoms with Crippen molar-refractivity contribution in [2.45, 2.75) is 6.54 Å². The van der Waals surface area contributed by atoms with Crippen LogP contribution in [0.2, 0.25) is 0 Å². The molecule has 0 bridgehead atoms. The molecule has 0 saturated carbocycles. The van der Waals surface area contributed by atoms with Crippen LogP contribution in [0.3, 0.4) is 0 Å². The summed E-state index contributed by atoms with van der Waals surface area (Å²) in [7, 11) is 3.24. The van der Waals surface area contributed by atoms with E-state index >= 15 is 0 Å². The van der Waals surface area contributed by atoms with E-state index in [-0.39, 0.29) is 12.5 Å². The third-order valence-electron chi connectivity index (χ3n) is 4.72. The van der Waals surface area contributed by atoms with Gasteiger partial charge >= 0.3 is 0 Å². The Kier molecular flexibility index (Phi) is 6.33. The minimum absolute atomic E-state index is 0.0988. The molecule has 0 aliphatic heterocycles. The monoisotopic (exact) mass is 434 g/mol. The number of hydrogen-bond donors (Lipinski definition) is 0. The van der Waals surface area contributed by atoms with E-state index in [1.54, 1.807) is 43.4 Å². The van der Waals surface area contributed by atoms with Crippen molar-refractivity contribution < 1.29 is 19.0 Å². The topological polar surface area (TPSA) is 60.9 Å². The summed E-state index contributed by atoms with van der Waals surface area (Å²) in [6.07, 6.45) is 0. The first-order valence-electron chi connectivity index (χ1n) is 9.72. The number of nitrogens with zero attached hydrogens (tertiary/aromatic N) is 2. The molecule has 0 aliphatic rings. The fraction of sp³-hybridized carbons (Fsp3) is 0.167. The number of aromatic nitrogens is 1. The Morgan fingerprint density at radius 3 is 2.29 bits per heavy atom. The molecule has 4 aromatic rings. The molecule has 0 aliphatic carbocycles. The number of benzene rings is 3. The number of carbonyl (C=O) groups is 1. The normalized spacial score (nSPS) is 10.6. The van der Waals surface area contributed by atoms with Crippen LogP contribution in [0.15, 0.2) is 72.8 Å². The van der Waals surface area contributed by atoms with Gasteiger partial charge in [0.2, 0.25) is 0 Å². The van der Waals surface area contributed by atoms with E-state index in [9.17, 15) is 4.79 Å². The largest absolute Gasteiger partial charge is 0.497 e. The zero-order valence-corrected chi connectivity index (χ0v) is 18.1. The standard InChI is InChI=1S/C24H22N2O4S/c1-28-18-8-10-19(11-9-18)30-16-23(27)26(15-17-6-4-3-5-7-17)24-25-21-13-12-20(29-2)14-22(21)31-24/h3-14H,15-16H2,1-2H3. The van der Waals surface area contributed by atoms with Crippen molar-refractivity contribution in [1.29, 1.82) is 0 Å². The molecule has 0 unspecified atom stereocenters. The summed E-state index contributed by atoms with van der Waals surface area (Å²) in [6, 6.07) is 22.7. The van der Waals surface area contributed by atoms with Gasteiger partial charge in [0.05, 0.1) is 31.0 Å².